The Labute approximate surface area is 102 Å². The summed E-state index contributed by atoms with van der Waals surface area (Å²) in [7, 11) is 0. The number of hydroxylamine groups is 1. The monoisotopic (exact) mass is 242 g/mol. The van der Waals surface area contributed by atoms with E-state index >= 15 is 0 Å². The predicted molar refractivity (Wildman–Crippen MR) is 63.2 cm³/mol. The van der Waals surface area contributed by atoms with Crippen LogP contribution in [0.2, 0.25) is 0 Å². The minimum atomic E-state index is 0.0160. The number of carbonyl (C=O) groups excluding carboxylic acids is 1. The molecule has 17 heavy (non-hydrogen) atoms. The number of ether oxygens (including phenoxy) is 1. The van der Waals surface area contributed by atoms with Crippen LogP contribution in [0.3, 0.4) is 0 Å². The molecular formula is C12H22N2O3. The first-order chi connectivity index (χ1) is 8.36. The molecule has 0 aromatic rings. The maximum Gasteiger partial charge on any atom is 0.246 e. The molecule has 0 radical (unpaired) electrons. The third kappa shape index (κ3) is 4.26. The van der Waals surface area contributed by atoms with Crippen LogP contribution in [-0.2, 0) is 14.4 Å². The first-order valence-corrected chi connectivity index (χ1v) is 6.56. The van der Waals surface area contributed by atoms with Crippen molar-refractivity contribution in [2.24, 2.45) is 11.8 Å². The van der Waals surface area contributed by atoms with Crippen molar-refractivity contribution in [1.29, 1.82) is 0 Å². The molecule has 2 N–H and O–H groups in total. The molecule has 2 saturated heterocycles. The minimum Gasteiger partial charge on any atom is -0.381 e. The number of hydrogen-bond acceptors (Lipinski definition) is 4. The third-order valence-electron chi connectivity index (χ3n) is 3.54. The number of piperidine rings is 1. The van der Waals surface area contributed by atoms with E-state index in [1.807, 2.05) is 0 Å². The molecular weight excluding hydrogens is 220 g/mol. The summed E-state index contributed by atoms with van der Waals surface area (Å²) in [4.78, 5) is 17.1. The van der Waals surface area contributed by atoms with Crippen LogP contribution in [0.15, 0.2) is 0 Å². The third-order valence-corrected chi connectivity index (χ3v) is 3.54. The van der Waals surface area contributed by atoms with Crippen molar-refractivity contribution in [2.45, 2.75) is 25.7 Å². The number of amides is 1. The highest BCUT2D eigenvalue weighted by Crippen LogP contribution is 2.15. The largest absolute Gasteiger partial charge is 0.381 e. The van der Waals surface area contributed by atoms with Crippen LogP contribution >= 0.6 is 0 Å². The van der Waals surface area contributed by atoms with Gasteiger partial charge >= 0.3 is 0 Å². The van der Waals surface area contributed by atoms with E-state index in [-0.39, 0.29) is 11.8 Å². The van der Waals surface area contributed by atoms with Crippen LogP contribution < -0.4 is 10.8 Å². The summed E-state index contributed by atoms with van der Waals surface area (Å²) < 4.78 is 5.22. The molecule has 0 aromatic heterocycles. The Morgan fingerprint density at radius 1 is 1.24 bits per heavy atom. The van der Waals surface area contributed by atoms with Crippen molar-refractivity contribution in [3.63, 3.8) is 0 Å². The van der Waals surface area contributed by atoms with Gasteiger partial charge in [-0.3, -0.25) is 9.63 Å². The second-order valence-corrected chi connectivity index (χ2v) is 4.86. The van der Waals surface area contributed by atoms with Crippen molar-refractivity contribution in [1.82, 2.24) is 10.8 Å². The molecule has 0 aromatic carbocycles. The van der Waals surface area contributed by atoms with Crippen molar-refractivity contribution >= 4 is 5.91 Å². The summed E-state index contributed by atoms with van der Waals surface area (Å²) >= 11 is 0. The maximum atomic E-state index is 11.7. The molecule has 0 saturated carbocycles. The van der Waals surface area contributed by atoms with Gasteiger partial charge in [0, 0.05) is 19.1 Å². The van der Waals surface area contributed by atoms with E-state index < -0.39 is 0 Å². The standard InChI is InChI=1S/C12H22N2O3/c15-12(11-3-7-16-8-4-11)14-17-9-10-1-5-13-6-2-10/h10-11,13H,1-9H2,(H,14,15). The Balaban J connectivity index is 1.58. The lowest BCUT2D eigenvalue weighted by atomic mass is 9.99. The highest BCUT2D eigenvalue weighted by Gasteiger charge is 2.22. The topological polar surface area (TPSA) is 59.6 Å². The minimum absolute atomic E-state index is 0.0160. The molecule has 2 heterocycles. The Morgan fingerprint density at radius 2 is 1.94 bits per heavy atom. The van der Waals surface area contributed by atoms with Crippen molar-refractivity contribution in [3.8, 4) is 0 Å². The van der Waals surface area contributed by atoms with Crippen LogP contribution in [0.25, 0.3) is 0 Å². The molecule has 0 spiro atoms. The first kappa shape index (κ1) is 12.8. The Kier molecular flexibility index (Phi) is 5.22. The number of hydrogen-bond donors (Lipinski definition) is 2. The Hall–Kier alpha value is -0.650. The zero-order chi connectivity index (χ0) is 11.9. The molecule has 1 amide bonds. The molecule has 2 fully saturated rings. The molecule has 2 aliphatic heterocycles. The zero-order valence-corrected chi connectivity index (χ0v) is 10.2. The molecule has 0 atom stereocenters. The summed E-state index contributed by atoms with van der Waals surface area (Å²) in [5.41, 5.74) is 2.58. The van der Waals surface area contributed by atoms with Gasteiger partial charge < -0.3 is 10.1 Å². The molecule has 2 aliphatic rings. The average molecular weight is 242 g/mol. The van der Waals surface area contributed by atoms with E-state index in [0.29, 0.717) is 25.7 Å². The lowest BCUT2D eigenvalue weighted by Gasteiger charge is -2.24. The van der Waals surface area contributed by atoms with Gasteiger partial charge in [-0.15, -0.1) is 0 Å². The van der Waals surface area contributed by atoms with E-state index in [1.165, 1.54) is 0 Å². The van der Waals surface area contributed by atoms with Gasteiger partial charge in [0.1, 0.15) is 0 Å². The van der Waals surface area contributed by atoms with Crippen LogP contribution in [-0.4, -0.2) is 38.8 Å². The number of carbonyl (C=O) groups is 1. The molecule has 5 heteroatoms. The Bertz CT molecular complexity index is 236. The van der Waals surface area contributed by atoms with Crippen molar-refractivity contribution < 1.29 is 14.4 Å². The van der Waals surface area contributed by atoms with Gasteiger partial charge in [-0.1, -0.05) is 0 Å². The highest BCUT2D eigenvalue weighted by molar-refractivity contribution is 5.77. The molecule has 98 valence electrons. The predicted octanol–water partition coefficient (Wildman–Crippen LogP) is 0.460. The van der Waals surface area contributed by atoms with Gasteiger partial charge in [0.2, 0.25) is 5.91 Å². The van der Waals surface area contributed by atoms with Crippen LogP contribution in [0.4, 0.5) is 0 Å². The molecule has 2 rings (SSSR count). The lowest BCUT2D eigenvalue weighted by molar-refractivity contribution is -0.142. The highest BCUT2D eigenvalue weighted by atomic mass is 16.7. The van der Waals surface area contributed by atoms with E-state index in [2.05, 4.69) is 10.8 Å². The quantitative estimate of drug-likeness (QED) is 0.703. The van der Waals surface area contributed by atoms with Gasteiger partial charge in [-0.25, -0.2) is 5.48 Å². The van der Waals surface area contributed by atoms with Gasteiger partial charge in [0.15, 0.2) is 0 Å². The normalized spacial score (nSPS) is 23.5. The molecule has 0 aliphatic carbocycles. The van der Waals surface area contributed by atoms with Crippen molar-refractivity contribution in [2.75, 3.05) is 32.9 Å². The van der Waals surface area contributed by atoms with E-state index in [0.717, 1.165) is 38.8 Å². The van der Waals surface area contributed by atoms with Crippen LogP contribution in [0, 0.1) is 11.8 Å². The van der Waals surface area contributed by atoms with Crippen LogP contribution in [0.5, 0.6) is 0 Å². The summed E-state index contributed by atoms with van der Waals surface area (Å²) in [5.74, 6) is 0.658. The van der Waals surface area contributed by atoms with E-state index in [1.54, 1.807) is 0 Å². The first-order valence-electron chi connectivity index (χ1n) is 6.56. The fraction of sp³-hybridized carbons (Fsp3) is 0.917. The maximum absolute atomic E-state index is 11.7. The van der Waals surface area contributed by atoms with Gasteiger partial charge in [-0.2, -0.15) is 0 Å². The Morgan fingerprint density at radius 3 is 2.65 bits per heavy atom. The fourth-order valence-electron chi connectivity index (χ4n) is 2.32. The second kappa shape index (κ2) is 6.93. The van der Waals surface area contributed by atoms with Crippen LogP contribution in [0.1, 0.15) is 25.7 Å². The summed E-state index contributed by atoms with van der Waals surface area (Å²) in [5, 5.41) is 3.31. The lowest BCUT2D eigenvalue weighted by Crippen LogP contribution is -2.37. The molecule has 0 unspecified atom stereocenters. The van der Waals surface area contributed by atoms with E-state index in [9.17, 15) is 4.79 Å². The van der Waals surface area contributed by atoms with Gasteiger partial charge in [0.25, 0.3) is 0 Å². The average Bonchev–Trinajstić information content (AvgIpc) is 2.41. The van der Waals surface area contributed by atoms with Crippen molar-refractivity contribution in [3.05, 3.63) is 0 Å². The zero-order valence-electron chi connectivity index (χ0n) is 10.2. The fourth-order valence-corrected chi connectivity index (χ4v) is 2.32. The molecule has 0 bridgehead atoms. The van der Waals surface area contributed by atoms with E-state index in [4.69, 9.17) is 9.57 Å². The number of nitrogens with one attached hydrogen (secondary N) is 2. The molecule has 5 nitrogen and oxygen atoms in total. The SMILES string of the molecule is O=C(NOCC1CCNCC1)C1CCOCC1. The van der Waals surface area contributed by atoms with Gasteiger partial charge in [0.05, 0.1) is 6.61 Å². The van der Waals surface area contributed by atoms with Gasteiger partial charge in [-0.05, 0) is 44.7 Å². The smallest absolute Gasteiger partial charge is 0.246 e. The summed E-state index contributed by atoms with van der Waals surface area (Å²) in [6, 6.07) is 0. The second-order valence-electron chi connectivity index (χ2n) is 4.86. The summed E-state index contributed by atoms with van der Waals surface area (Å²) in [6.07, 6.45) is 3.88. The summed E-state index contributed by atoms with van der Waals surface area (Å²) in [6.45, 7) is 4.12. The number of rotatable bonds is 4.